The Morgan fingerprint density at radius 1 is 0.800 bits per heavy atom. The summed E-state index contributed by atoms with van der Waals surface area (Å²) in [5, 5.41) is 2.89. The first-order valence-electron chi connectivity index (χ1n) is 16.5. The van der Waals surface area contributed by atoms with Gasteiger partial charge in [0.25, 0.3) is 0 Å². The molecule has 11 nitrogen and oxygen atoms in total. The van der Waals surface area contributed by atoms with Crippen LogP contribution in [0.2, 0.25) is 0 Å². The molecule has 0 bridgehead atoms. The molecule has 0 radical (unpaired) electrons. The van der Waals surface area contributed by atoms with Gasteiger partial charge in [0.2, 0.25) is 5.91 Å². The van der Waals surface area contributed by atoms with Gasteiger partial charge in [-0.05, 0) is 93.3 Å². The molecule has 13 atom stereocenters. The van der Waals surface area contributed by atoms with Gasteiger partial charge in [-0.15, -0.1) is 12.4 Å². The van der Waals surface area contributed by atoms with E-state index in [1.807, 2.05) is 0 Å². The van der Waals surface area contributed by atoms with Gasteiger partial charge in [0, 0.05) is 39.3 Å². The van der Waals surface area contributed by atoms with Crippen molar-refractivity contribution in [3.8, 4) is 0 Å². The van der Waals surface area contributed by atoms with Crippen molar-refractivity contribution in [2.24, 2.45) is 40.2 Å². The van der Waals surface area contributed by atoms with Crippen molar-refractivity contribution in [2.45, 2.75) is 142 Å². The molecule has 1 saturated heterocycles. The van der Waals surface area contributed by atoms with E-state index in [1.54, 1.807) is 14.0 Å². The molecule has 1 aliphatic heterocycles. The summed E-state index contributed by atoms with van der Waals surface area (Å²) in [6.07, 6.45) is 3.56. The predicted molar refractivity (Wildman–Crippen MR) is 166 cm³/mol. The maximum Gasteiger partial charge on any atom is 0.303 e. The molecule has 5 aliphatic rings. The van der Waals surface area contributed by atoms with E-state index < -0.39 is 48.6 Å². The van der Waals surface area contributed by atoms with Gasteiger partial charge >= 0.3 is 17.9 Å². The lowest BCUT2D eigenvalue weighted by Gasteiger charge is -2.64. The van der Waals surface area contributed by atoms with Crippen LogP contribution in [0.25, 0.3) is 0 Å². The van der Waals surface area contributed by atoms with Gasteiger partial charge in [0.05, 0.1) is 12.2 Å². The lowest BCUT2D eigenvalue weighted by atomic mass is 9.42. The van der Waals surface area contributed by atoms with Crippen molar-refractivity contribution in [2.75, 3.05) is 7.05 Å². The SMILES string of the molecule is CNC(=O)C1CC[C@@]2(N)[C@@H]3CCC4CC(O[C@@H]5O[C@H](C)[C@@H](OC(C)=O)[C@H](OC(C)=O)[C@@H]5OC(C)=O)CC[C@]4(C)[C@@H]3CC[C@]12C.Cl. The number of nitrogens with one attached hydrogen (secondary N) is 1. The van der Waals surface area contributed by atoms with Crippen LogP contribution in [-0.4, -0.2) is 73.2 Å². The summed E-state index contributed by atoms with van der Waals surface area (Å²) >= 11 is 0. The number of carbonyl (C=O) groups is 4. The molecule has 4 aliphatic carbocycles. The van der Waals surface area contributed by atoms with Crippen LogP contribution in [0.1, 0.15) is 99.3 Å². The fourth-order valence-electron chi connectivity index (χ4n) is 10.3. The Morgan fingerprint density at radius 3 is 2.04 bits per heavy atom. The Kier molecular flexibility index (Phi) is 10.6. The number of halogens is 1. The zero-order valence-electron chi connectivity index (χ0n) is 27.8. The van der Waals surface area contributed by atoms with Gasteiger partial charge in [-0.25, -0.2) is 0 Å². The summed E-state index contributed by atoms with van der Waals surface area (Å²) in [6.45, 7) is 10.2. The zero-order valence-corrected chi connectivity index (χ0v) is 28.6. The van der Waals surface area contributed by atoms with Crippen molar-refractivity contribution in [1.29, 1.82) is 0 Å². The monoisotopic (exact) mass is 656 g/mol. The van der Waals surface area contributed by atoms with E-state index in [0.29, 0.717) is 17.8 Å². The molecule has 0 aromatic rings. The van der Waals surface area contributed by atoms with Crippen molar-refractivity contribution < 1.29 is 42.9 Å². The highest BCUT2D eigenvalue weighted by Crippen LogP contribution is 2.68. The standard InChI is InChI=1S/C33H52N2O9.ClH/c1-17-26(41-18(2)36)27(42-19(3)37)28(43-20(4)38)30(40-17)44-22-10-13-31(5)21(16-22)8-9-24-23(31)11-14-32(6)25(29(39)35-7)12-15-33(24,32)34;/h17,21-28,30H,8-16,34H2,1-7H3,(H,35,39);1H/t17-,21?,22?,23-,24-,25?,26-,27+,28+,30+,31+,32-,33-;/m1./s1. The maximum atomic E-state index is 12.8. The minimum atomic E-state index is -1.09. The summed E-state index contributed by atoms with van der Waals surface area (Å²) in [5.41, 5.74) is 6.97. The number of hydrogen-bond acceptors (Lipinski definition) is 10. The highest BCUT2D eigenvalue weighted by molar-refractivity contribution is 5.85. The lowest BCUT2D eigenvalue weighted by molar-refractivity contribution is -0.315. The number of rotatable bonds is 6. The number of fused-ring (bicyclic) bond motifs is 5. The first-order valence-corrected chi connectivity index (χ1v) is 16.5. The molecule has 3 N–H and O–H groups in total. The minimum absolute atomic E-state index is 0. The second-order valence-corrected chi connectivity index (χ2v) is 14.7. The van der Waals surface area contributed by atoms with Gasteiger partial charge in [-0.3, -0.25) is 19.2 Å². The topological polar surface area (TPSA) is 152 Å². The largest absolute Gasteiger partial charge is 0.456 e. The van der Waals surface area contributed by atoms with E-state index in [1.165, 1.54) is 20.8 Å². The maximum absolute atomic E-state index is 12.8. The van der Waals surface area contributed by atoms with Crippen molar-refractivity contribution in [1.82, 2.24) is 5.32 Å². The molecule has 1 amide bonds. The van der Waals surface area contributed by atoms with Gasteiger partial charge in [0.15, 0.2) is 24.6 Å². The third-order valence-corrected chi connectivity index (χ3v) is 12.5. The van der Waals surface area contributed by atoms with Crippen LogP contribution in [0.4, 0.5) is 0 Å². The van der Waals surface area contributed by atoms with Crippen molar-refractivity contribution in [3.05, 3.63) is 0 Å². The first-order chi connectivity index (χ1) is 20.6. The van der Waals surface area contributed by atoms with E-state index >= 15 is 0 Å². The van der Waals surface area contributed by atoms with E-state index in [4.69, 9.17) is 29.4 Å². The molecule has 256 valence electrons. The van der Waals surface area contributed by atoms with E-state index in [-0.39, 0.29) is 46.7 Å². The molecular formula is C33H53ClN2O9. The summed E-state index contributed by atoms with van der Waals surface area (Å²) in [7, 11) is 1.73. The number of carbonyl (C=O) groups excluding carboxylic acids is 4. The van der Waals surface area contributed by atoms with Gasteiger partial charge in [0.1, 0.15) is 0 Å². The quantitative estimate of drug-likeness (QED) is 0.245. The van der Waals surface area contributed by atoms with Crippen LogP contribution in [0.5, 0.6) is 0 Å². The van der Waals surface area contributed by atoms with Crippen LogP contribution < -0.4 is 11.1 Å². The Morgan fingerprint density at radius 2 is 1.42 bits per heavy atom. The van der Waals surface area contributed by atoms with Gasteiger partial charge in [-0.1, -0.05) is 13.8 Å². The Balaban J connectivity index is 0.00000461. The lowest BCUT2D eigenvalue weighted by Crippen LogP contribution is -2.67. The molecule has 0 spiro atoms. The molecule has 4 saturated carbocycles. The smallest absolute Gasteiger partial charge is 0.303 e. The molecule has 0 aromatic carbocycles. The summed E-state index contributed by atoms with van der Waals surface area (Å²) < 4.78 is 29.4. The molecule has 5 rings (SSSR count). The highest BCUT2D eigenvalue weighted by atomic mass is 35.5. The van der Waals surface area contributed by atoms with E-state index in [9.17, 15) is 19.2 Å². The van der Waals surface area contributed by atoms with Gasteiger partial charge in [-0.2, -0.15) is 0 Å². The molecule has 5 fully saturated rings. The fourth-order valence-corrected chi connectivity index (χ4v) is 10.3. The minimum Gasteiger partial charge on any atom is -0.456 e. The highest BCUT2D eigenvalue weighted by Gasteiger charge is 2.67. The summed E-state index contributed by atoms with van der Waals surface area (Å²) in [5.74, 6) is -0.347. The number of esters is 3. The number of ether oxygens (including phenoxy) is 5. The Bertz CT molecular complexity index is 1160. The third-order valence-electron chi connectivity index (χ3n) is 12.5. The summed E-state index contributed by atoms with van der Waals surface area (Å²) in [6, 6.07) is 0. The molecule has 12 heteroatoms. The normalized spacial score (nSPS) is 45.4. The average Bonchev–Trinajstić information content (AvgIpc) is 3.23. The van der Waals surface area contributed by atoms with Crippen LogP contribution in [0.15, 0.2) is 0 Å². The van der Waals surface area contributed by atoms with Crippen LogP contribution in [-0.2, 0) is 42.9 Å². The van der Waals surface area contributed by atoms with Crippen LogP contribution in [0.3, 0.4) is 0 Å². The van der Waals surface area contributed by atoms with E-state index in [0.717, 1.165) is 57.8 Å². The number of amides is 1. The van der Waals surface area contributed by atoms with Gasteiger partial charge < -0.3 is 34.7 Å². The van der Waals surface area contributed by atoms with Crippen LogP contribution >= 0.6 is 12.4 Å². The second kappa shape index (κ2) is 13.3. The zero-order chi connectivity index (χ0) is 32.2. The van der Waals surface area contributed by atoms with Crippen molar-refractivity contribution in [3.63, 3.8) is 0 Å². The first kappa shape index (κ1) is 35.9. The Hall–Kier alpha value is -1.95. The average molecular weight is 657 g/mol. The number of nitrogens with two attached hydrogens (primary N) is 1. The molecule has 1 heterocycles. The van der Waals surface area contributed by atoms with Crippen LogP contribution in [0, 0.1) is 34.5 Å². The third kappa shape index (κ3) is 6.23. The molecule has 3 unspecified atom stereocenters. The predicted octanol–water partition coefficient (Wildman–Crippen LogP) is 3.82. The van der Waals surface area contributed by atoms with E-state index in [2.05, 4.69) is 19.2 Å². The fraction of sp³-hybridized carbons (Fsp3) is 0.879. The molecule has 45 heavy (non-hydrogen) atoms. The number of hydrogen-bond donors (Lipinski definition) is 2. The Labute approximate surface area is 273 Å². The molecular weight excluding hydrogens is 604 g/mol. The summed E-state index contributed by atoms with van der Waals surface area (Å²) in [4.78, 5) is 48.9. The second-order valence-electron chi connectivity index (χ2n) is 14.7. The molecule has 0 aromatic heterocycles. The van der Waals surface area contributed by atoms with Crippen molar-refractivity contribution >= 4 is 36.2 Å².